The lowest BCUT2D eigenvalue weighted by molar-refractivity contribution is -0.119. The van der Waals surface area contributed by atoms with E-state index in [2.05, 4.69) is 19.2 Å². The van der Waals surface area contributed by atoms with Gasteiger partial charge in [0, 0.05) is 18.9 Å². The van der Waals surface area contributed by atoms with Crippen LogP contribution in [0.4, 0.5) is 5.69 Å². The zero-order valence-corrected chi connectivity index (χ0v) is 12.3. The lowest BCUT2D eigenvalue weighted by Gasteiger charge is -2.26. The molecule has 110 valence electrons. The fourth-order valence-electron chi connectivity index (χ4n) is 2.47. The van der Waals surface area contributed by atoms with Gasteiger partial charge in [-0.05, 0) is 42.4 Å². The SMILES string of the molecule is CC(C)c1ccc(NC(=O)C(N)C2CCOCC2)cc1. The van der Waals surface area contributed by atoms with Gasteiger partial charge in [0.05, 0.1) is 6.04 Å². The van der Waals surface area contributed by atoms with Crippen LogP contribution >= 0.6 is 0 Å². The maximum absolute atomic E-state index is 12.2. The number of nitrogens with one attached hydrogen (secondary N) is 1. The van der Waals surface area contributed by atoms with E-state index in [1.54, 1.807) is 0 Å². The van der Waals surface area contributed by atoms with E-state index in [4.69, 9.17) is 10.5 Å². The number of hydrogen-bond acceptors (Lipinski definition) is 3. The van der Waals surface area contributed by atoms with Crippen molar-refractivity contribution in [2.75, 3.05) is 18.5 Å². The molecule has 1 saturated heterocycles. The molecule has 1 aliphatic heterocycles. The van der Waals surface area contributed by atoms with Gasteiger partial charge in [-0.1, -0.05) is 26.0 Å². The smallest absolute Gasteiger partial charge is 0.241 e. The minimum atomic E-state index is -0.455. The first-order valence-corrected chi connectivity index (χ1v) is 7.32. The molecular weight excluding hydrogens is 252 g/mol. The van der Waals surface area contributed by atoms with E-state index in [0.717, 1.165) is 18.5 Å². The van der Waals surface area contributed by atoms with Crippen LogP contribution < -0.4 is 11.1 Å². The van der Waals surface area contributed by atoms with Gasteiger partial charge < -0.3 is 15.8 Å². The Morgan fingerprint density at radius 2 is 1.85 bits per heavy atom. The van der Waals surface area contributed by atoms with Crippen LogP contribution in [0.3, 0.4) is 0 Å². The van der Waals surface area contributed by atoms with Crippen LogP contribution in [0, 0.1) is 5.92 Å². The van der Waals surface area contributed by atoms with Crippen molar-refractivity contribution in [3.63, 3.8) is 0 Å². The highest BCUT2D eigenvalue weighted by Crippen LogP contribution is 2.20. The predicted molar refractivity (Wildman–Crippen MR) is 80.7 cm³/mol. The molecule has 3 N–H and O–H groups in total. The summed E-state index contributed by atoms with van der Waals surface area (Å²) < 4.78 is 5.30. The van der Waals surface area contributed by atoms with Crippen LogP contribution in [0.1, 0.15) is 38.2 Å². The maximum atomic E-state index is 12.2. The Hall–Kier alpha value is -1.39. The molecule has 0 bridgehead atoms. The topological polar surface area (TPSA) is 64.4 Å². The minimum Gasteiger partial charge on any atom is -0.381 e. The number of nitrogens with two attached hydrogens (primary N) is 1. The van der Waals surface area contributed by atoms with Crippen LogP contribution in [0.5, 0.6) is 0 Å². The van der Waals surface area contributed by atoms with Crippen molar-refractivity contribution < 1.29 is 9.53 Å². The third-order valence-corrected chi connectivity index (χ3v) is 3.92. The predicted octanol–water partition coefficient (Wildman–Crippen LogP) is 2.50. The molecule has 4 heteroatoms. The monoisotopic (exact) mass is 276 g/mol. The summed E-state index contributed by atoms with van der Waals surface area (Å²) in [5, 5.41) is 2.90. The molecule has 1 unspecified atom stereocenters. The van der Waals surface area contributed by atoms with E-state index < -0.39 is 6.04 Å². The zero-order valence-electron chi connectivity index (χ0n) is 12.3. The van der Waals surface area contributed by atoms with Crippen molar-refractivity contribution >= 4 is 11.6 Å². The lowest BCUT2D eigenvalue weighted by atomic mass is 9.92. The van der Waals surface area contributed by atoms with Gasteiger partial charge in [0.1, 0.15) is 0 Å². The Balaban J connectivity index is 1.92. The summed E-state index contributed by atoms with van der Waals surface area (Å²) in [4.78, 5) is 12.2. The Kier molecular flexibility index (Phi) is 5.15. The number of amides is 1. The van der Waals surface area contributed by atoms with Crippen molar-refractivity contribution in [1.29, 1.82) is 0 Å². The van der Waals surface area contributed by atoms with E-state index in [-0.39, 0.29) is 11.8 Å². The van der Waals surface area contributed by atoms with Gasteiger partial charge in [0.2, 0.25) is 5.91 Å². The third kappa shape index (κ3) is 3.81. The van der Waals surface area contributed by atoms with Crippen LogP contribution in [0.25, 0.3) is 0 Å². The number of anilines is 1. The first-order valence-electron chi connectivity index (χ1n) is 7.32. The Labute approximate surface area is 120 Å². The highest BCUT2D eigenvalue weighted by Gasteiger charge is 2.26. The van der Waals surface area contributed by atoms with Crippen LogP contribution in [-0.4, -0.2) is 25.2 Å². The van der Waals surface area contributed by atoms with Crippen molar-refractivity contribution in [3.05, 3.63) is 29.8 Å². The molecule has 4 nitrogen and oxygen atoms in total. The van der Waals surface area contributed by atoms with Gasteiger partial charge >= 0.3 is 0 Å². The van der Waals surface area contributed by atoms with Crippen LogP contribution in [-0.2, 0) is 9.53 Å². The molecular formula is C16H24N2O2. The molecule has 1 atom stereocenters. The molecule has 0 spiro atoms. The van der Waals surface area contributed by atoms with Gasteiger partial charge in [-0.25, -0.2) is 0 Å². The summed E-state index contributed by atoms with van der Waals surface area (Å²) in [7, 11) is 0. The molecule has 1 aliphatic rings. The molecule has 1 aromatic rings. The maximum Gasteiger partial charge on any atom is 0.241 e. The molecule has 0 aliphatic carbocycles. The summed E-state index contributed by atoms with van der Waals surface area (Å²) in [6, 6.07) is 7.50. The molecule has 1 amide bonds. The number of carbonyl (C=O) groups excluding carboxylic acids is 1. The zero-order chi connectivity index (χ0) is 14.5. The fraction of sp³-hybridized carbons (Fsp3) is 0.562. The Morgan fingerprint density at radius 1 is 1.25 bits per heavy atom. The van der Waals surface area contributed by atoms with Gasteiger partial charge in [0.25, 0.3) is 0 Å². The lowest BCUT2D eigenvalue weighted by Crippen LogP contribution is -2.43. The summed E-state index contributed by atoms with van der Waals surface area (Å²) >= 11 is 0. The minimum absolute atomic E-state index is 0.103. The van der Waals surface area contributed by atoms with E-state index in [1.165, 1.54) is 5.56 Å². The summed E-state index contributed by atoms with van der Waals surface area (Å²) in [6.45, 7) is 5.70. The van der Waals surface area contributed by atoms with E-state index in [9.17, 15) is 4.79 Å². The number of hydrogen-bond donors (Lipinski definition) is 2. The van der Waals surface area contributed by atoms with E-state index in [1.807, 2.05) is 24.3 Å². The second kappa shape index (κ2) is 6.86. The van der Waals surface area contributed by atoms with Gasteiger partial charge in [-0.15, -0.1) is 0 Å². The molecule has 20 heavy (non-hydrogen) atoms. The van der Waals surface area contributed by atoms with Crippen LogP contribution in [0.15, 0.2) is 24.3 Å². The van der Waals surface area contributed by atoms with Crippen molar-refractivity contribution in [2.45, 2.75) is 38.6 Å². The number of carbonyl (C=O) groups is 1. The summed E-state index contributed by atoms with van der Waals surface area (Å²) in [5.74, 6) is 0.608. The molecule has 1 heterocycles. The normalized spacial score (nSPS) is 18.0. The van der Waals surface area contributed by atoms with Crippen molar-refractivity contribution in [2.24, 2.45) is 11.7 Å². The average molecular weight is 276 g/mol. The van der Waals surface area contributed by atoms with Gasteiger partial charge in [-0.3, -0.25) is 4.79 Å². The third-order valence-electron chi connectivity index (χ3n) is 3.92. The van der Waals surface area contributed by atoms with E-state index in [0.29, 0.717) is 19.1 Å². The van der Waals surface area contributed by atoms with Crippen LogP contribution in [0.2, 0.25) is 0 Å². The van der Waals surface area contributed by atoms with Gasteiger partial charge in [-0.2, -0.15) is 0 Å². The second-order valence-electron chi connectivity index (χ2n) is 5.74. The molecule has 2 rings (SSSR count). The highest BCUT2D eigenvalue weighted by atomic mass is 16.5. The molecule has 1 aromatic carbocycles. The second-order valence-corrected chi connectivity index (χ2v) is 5.74. The van der Waals surface area contributed by atoms with Crippen molar-refractivity contribution in [1.82, 2.24) is 0 Å². The molecule has 0 saturated carbocycles. The molecule has 1 fully saturated rings. The Morgan fingerprint density at radius 3 is 2.40 bits per heavy atom. The standard InChI is InChI=1S/C16H24N2O2/c1-11(2)12-3-5-14(6-4-12)18-16(19)15(17)13-7-9-20-10-8-13/h3-6,11,13,15H,7-10,17H2,1-2H3,(H,18,19). The quantitative estimate of drug-likeness (QED) is 0.888. The molecule has 0 aromatic heterocycles. The summed E-state index contributed by atoms with van der Waals surface area (Å²) in [5.41, 5.74) is 8.12. The first-order chi connectivity index (χ1) is 9.58. The van der Waals surface area contributed by atoms with Gasteiger partial charge in [0.15, 0.2) is 0 Å². The Bertz CT molecular complexity index is 436. The number of ether oxygens (including phenoxy) is 1. The largest absolute Gasteiger partial charge is 0.381 e. The first kappa shape index (κ1) is 15.0. The van der Waals surface area contributed by atoms with E-state index >= 15 is 0 Å². The van der Waals surface area contributed by atoms with Crippen molar-refractivity contribution in [3.8, 4) is 0 Å². The number of rotatable bonds is 4. The highest BCUT2D eigenvalue weighted by molar-refractivity contribution is 5.94. The average Bonchev–Trinajstić information content (AvgIpc) is 2.48. The fourth-order valence-corrected chi connectivity index (χ4v) is 2.47. The summed E-state index contributed by atoms with van der Waals surface area (Å²) in [6.07, 6.45) is 1.72. The molecule has 0 radical (unpaired) electrons. The number of benzene rings is 1.